The van der Waals surface area contributed by atoms with Crippen molar-refractivity contribution < 1.29 is 27.4 Å². The molecule has 2 aliphatic heterocycles. The Balaban J connectivity index is 1.52. The molecule has 11 heteroatoms. The lowest BCUT2D eigenvalue weighted by atomic mass is 10.1. The lowest BCUT2D eigenvalue weighted by Crippen LogP contribution is -2.43. The summed E-state index contributed by atoms with van der Waals surface area (Å²) in [6.07, 6.45) is 4.74. The van der Waals surface area contributed by atoms with Gasteiger partial charge in [-0.05, 0) is 33.6 Å². The summed E-state index contributed by atoms with van der Waals surface area (Å²) in [4.78, 5) is 22.3. The minimum Gasteiger partial charge on any atom is -0.474 e. The van der Waals surface area contributed by atoms with Gasteiger partial charge in [-0.15, -0.1) is 6.58 Å². The van der Waals surface area contributed by atoms with Gasteiger partial charge in [-0.1, -0.05) is 6.08 Å². The highest BCUT2D eigenvalue weighted by Gasteiger charge is 2.29. The van der Waals surface area contributed by atoms with E-state index in [2.05, 4.69) is 16.5 Å². The Morgan fingerprint density at radius 2 is 1.61 bits per heavy atom. The molecule has 1 aromatic heterocycles. The molecular formula is C22H34N4O6S. The van der Waals surface area contributed by atoms with Crippen molar-refractivity contribution in [2.45, 2.75) is 64.8 Å². The van der Waals surface area contributed by atoms with E-state index >= 15 is 0 Å². The second-order valence-electron chi connectivity index (χ2n) is 8.63. The third kappa shape index (κ3) is 6.80. The number of nitrogens with zero attached hydrogens (tertiary/aromatic N) is 4. The quantitative estimate of drug-likeness (QED) is 0.520. The average Bonchev–Trinajstić information content (AvgIpc) is 2.77. The van der Waals surface area contributed by atoms with Crippen molar-refractivity contribution in [1.29, 1.82) is 0 Å². The van der Waals surface area contributed by atoms with Crippen LogP contribution in [-0.4, -0.2) is 83.9 Å². The van der Waals surface area contributed by atoms with Crippen molar-refractivity contribution in [1.82, 2.24) is 19.2 Å². The summed E-state index contributed by atoms with van der Waals surface area (Å²) >= 11 is 0. The van der Waals surface area contributed by atoms with Crippen LogP contribution in [0.3, 0.4) is 0 Å². The first-order valence-electron chi connectivity index (χ1n) is 11.4. The molecule has 33 heavy (non-hydrogen) atoms. The summed E-state index contributed by atoms with van der Waals surface area (Å²) in [5, 5.41) is 0. The van der Waals surface area contributed by atoms with Crippen LogP contribution < -0.4 is 9.47 Å². The molecule has 0 aliphatic carbocycles. The summed E-state index contributed by atoms with van der Waals surface area (Å²) in [7, 11) is -3.29. The topological polar surface area (TPSA) is 111 Å². The number of amides is 1. The minimum atomic E-state index is -3.29. The van der Waals surface area contributed by atoms with Crippen molar-refractivity contribution >= 4 is 16.1 Å². The summed E-state index contributed by atoms with van der Waals surface area (Å²) in [5.74, 6) is 0.863. The van der Waals surface area contributed by atoms with Crippen LogP contribution in [-0.2, 0) is 14.8 Å². The number of rotatable bonds is 8. The Bertz CT molecular complexity index is 923. The third-order valence-corrected chi connectivity index (χ3v) is 7.52. The van der Waals surface area contributed by atoms with Crippen LogP contribution in [0, 0.1) is 6.92 Å². The molecule has 0 unspecified atom stereocenters. The van der Waals surface area contributed by atoms with Gasteiger partial charge in [-0.2, -0.15) is 0 Å². The fraction of sp³-hybridized carbons (Fsp3) is 0.682. The maximum Gasteiger partial charge on any atom is 0.410 e. The standard InChI is InChI=1S/C22H34N4O6S/c1-5-14-33(28,29)26-12-8-19(9-13-26)32-21-17(4)20(23-15-24-21)31-18-6-10-25(11-7-18)22(27)30-16(2)3/h5,15-16,18-19H,1,6-14H2,2-4H3. The van der Waals surface area contributed by atoms with Gasteiger partial charge in [0.2, 0.25) is 21.8 Å². The highest BCUT2D eigenvalue weighted by atomic mass is 32.2. The highest BCUT2D eigenvalue weighted by Crippen LogP contribution is 2.28. The van der Waals surface area contributed by atoms with Gasteiger partial charge in [-0.25, -0.2) is 27.5 Å². The summed E-state index contributed by atoms with van der Waals surface area (Å²) < 4.78 is 43.3. The molecule has 3 rings (SSSR count). The first-order chi connectivity index (χ1) is 15.7. The second kappa shape index (κ2) is 11.1. The predicted octanol–water partition coefficient (Wildman–Crippen LogP) is 2.53. The van der Waals surface area contributed by atoms with Gasteiger partial charge in [0.15, 0.2) is 0 Å². The molecule has 0 bridgehead atoms. The molecule has 0 saturated carbocycles. The number of carbonyl (C=O) groups excluding carboxylic acids is 1. The number of carbonyl (C=O) groups is 1. The molecule has 1 amide bonds. The lowest BCUT2D eigenvalue weighted by molar-refractivity contribution is 0.0503. The molecule has 2 fully saturated rings. The van der Waals surface area contributed by atoms with E-state index < -0.39 is 10.0 Å². The summed E-state index contributed by atoms with van der Waals surface area (Å²) in [6.45, 7) is 11.0. The van der Waals surface area contributed by atoms with Gasteiger partial charge in [0.1, 0.15) is 18.5 Å². The Kier molecular flexibility index (Phi) is 8.52. The monoisotopic (exact) mass is 482 g/mol. The molecule has 2 saturated heterocycles. The van der Waals surface area contributed by atoms with Crippen molar-refractivity contribution in [3.63, 3.8) is 0 Å². The van der Waals surface area contributed by atoms with Crippen molar-refractivity contribution in [3.8, 4) is 11.8 Å². The van der Waals surface area contributed by atoms with Gasteiger partial charge < -0.3 is 19.1 Å². The first kappa shape index (κ1) is 25.2. The molecule has 0 atom stereocenters. The highest BCUT2D eigenvalue weighted by molar-refractivity contribution is 7.89. The molecule has 184 valence electrons. The Morgan fingerprint density at radius 1 is 1.09 bits per heavy atom. The van der Waals surface area contributed by atoms with E-state index in [9.17, 15) is 13.2 Å². The zero-order valence-corrected chi connectivity index (χ0v) is 20.4. The van der Waals surface area contributed by atoms with E-state index in [4.69, 9.17) is 14.2 Å². The average molecular weight is 483 g/mol. The number of hydrogen-bond donors (Lipinski definition) is 0. The maximum absolute atomic E-state index is 12.2. The fourth-order valence-electron chi connectivity index (χ4n) is 3.89. The molecule has 2 aliphatic rings. The van der Waals surface area contributed by atoms with E-state index in [1.807, 2.05) is 20.8 Å². The van der Waals surface area contributed by atoms with Crippen molar-refractivity contribution in [2.75, 3.05) is 31.9 Å². The number of sulfonamides is 1. The molecule has 10 nitrogen and oxygen atoms in total. The van der Waals surface area contributed by atoms with Gasteiger partial charge in [0, 0.05) is 39.0 Å². The molecule has 3 heterocycles. The van der Waals surface area contributed by atoms with Crippen LogP contribution in [0.15, 0.2) is 19.0 Å². The number of piperidine rings is 2. The normalized spacial score (nSPS) is 18.8. The van der Waals surface area contributed by atoms with Crippen LogP contribution in [0.2, 0.25) is 0 Å². The van der Waals surface area contributed by atoms with Crippen molar-refractivity contribution in [3.05, 3.63) is 24.5 Å². The largest absolute Gasteiger partial charge is 0.474 e. The van der Waals surface area contributed by atoms with Gasteiger partial charge in [0.05, 0.1) is 17.4 Å². The van der Waals surface area contributed by atoms with Crippen LogP contribution >= 0.6 is 0 Å². The smallest absolute Gasteiger partial charge is 0.410 e. The van der Waals surface area contributed by atoms with E-state index in [1.165, 1.54) is 16.7 Å². The molecule has 1 aromatic rings. The second-order valence-corrected chi connectivity index (χ2v) is 10.6. The molecule has 0 aromatic carbocycles. The SMILES string of the molecule is C=CCS(=O)(=O)N1CCC(Oc2ncnc(OC3CCN(C(=O)OC(C)C)CC3)c2C)CC1. The van der Waals surface area contributed by atoms with E-state index in [0.717, 1.165) is 0 Å². The van der Waals surface area contributed by atoms with Crippen LogP contribution in [0.5, 0.6) is 11.8 Å². The molecule has 0 radical (unpaired) electrons. The zero-order chi connectivity index (χ0) is 24.0. The van der Waals surface area contributed by atoms with E-state index in [-0.39, 0.29) is 30.2 Å². The Morgan fingerprint density at radius 3 is 2.09 bits per heavy atom. The minimum absolute atomic E-state index is 0.0535. The van der Waals surface area contributed by atoms with Crippen LogP contribution in [0.4, 0.5) is 4.79 Å². The van der Waals surface area contributed by atoms with Crippen LogP contribution in [0.1, 0.15) is 45.1 Å². The van der Waals surface area contributed by atoms with Gasteiger partial charge in [-0.3, -0.25) is 0 Å². The number of aromatic nitrogens is 2. The number of ether oxygens (including phenoxy) is 3. The number of hydrogen-bond acceptors (Lipinski definition) is 8. The van der Waals surface area contributed by atoms with Gasteiger partial charge >= 0.3 is 6.09 Å². The molecule has 0 spiro atoms. The van der Waals surface area contributed by atoms with E-state index in [0.29, 0.717) is 69.2 Å². The maximum atomic E-state index is 12.2. The summed E-state index contributed by atoms with van der Waals surface area (Å²) in [5.41, 5.74) is 0.709. The zero-order valence-electron chi connectivity index (χ0n) is 19.6. The lowest BCUT2D eigenvalue weighted by Gasteiger charge is -2.32. The molecular weight excluding hydrogens is 448 g/mol. The van der Waals surface area contributed by atoms with Crippen molar-refractivity contribution in [2.24, 2.45) is 0 Å². The van der Waals surface area contributed by atoms with Gasteiger partial charge in [0.25, 0.3) is 0 Å². The first-order valence-corrected chi connectivity index (χ1v) is 13.0. The number of likely N-dealkylation sites (tertiary alicyclic amines) is 1. The predicted molar refractivity (Wildman–Crippen MR) is 123 cm³/mol. The van der Waals surface area contributed by atoms with Crippen LogP contribution in [0.25, 0.3) is 0 Å². The summed E-state index contributed by atoms with van der Waals surface area (Å²) in [6, 6.07) is 0. The Hall–Kier alpha value is -2.40. The Labute approximate surface area is 196 Å². The molecule has 0 N–H and O–H groups in total. The third-order valence-electron chi connectivity index (χ3n) is 5.71. The van der Waals surface area contributed by atoms with E-state index in [1.54, 1.807) is 4.90 Å². The fourth-order valence-corrected chi connectivity index (χ4v) is 5.16.